The van der Waals surface area contributed by atoms with Gasteiger partial charge in [-0.05, 0) is 25.5 Å². The van der Waals surface area contributed by atoms with Crippen LogP contribution in [0.25, 0.3) is 0 Å². The minimum Gasteiger partial charge on any atom is -0.453 e. The van der Waals surface area contributed by atoms with Gasteiger partial charge in [0.05, 0.1) is 0 Å². The molecule has 0 aromatic heterocycles. The van der Waals surface area contributed by atoms with Crippen LogP contribution in [0, 0.1) is 11.6 Å². The third-order valence-corrected chi connectivity index (χ3v) is 4.63. The summed E-state index contributed by atoms with van der Waals surface area (Å²) in [5.74, 6) is -3.27. The molecule has 10 heteroatoms. The number of amides is 1. The zero-order valence-electron chi connectivity index (χ0n) is 14.1. The average Bonchev–Trinajstić information content (AvgIpc) is 2.56. The first-order valence-corrected chi connectivity index (χ1v) is 9.18. The molecule has 0 saturated carbocycles. The van der Waals surface area contributed by atoms with E-state index < -0.39 is 44.5 Å². The number of ether oxygens (including phenoxy) is 1. The smallest absolute Gasteiger partial charge is 0.306 e. The Bertz CT molecular complexity index is 768. The molecule has 0 heterocycles. The van der Waals surface area contributed by atoms with Crippen molar-refractivity contribution < 1.29 is 31.5 Å². The van der Waals surface area contributed by atoms with Crippen molar-refractivity contribution in [2.45, 2.75) is 30.8 Å². The van der Waals surface area contributed by atoms with E-state index in [0.717, 1.165) is 12.1 Å². The molecule has 0 aliphatic carbocycles. The Morgan fingerprint density at radius 1 is 1.35 bits per heavy atom. The van der Waals surface area contributed by atoms with Gasteiger partial charge in [-0.15, -0.1) is 6.58 Å². The van der Waals surface area contributed by atoms with Crippen LogP contribution in [0.2, 0.25) is 0 Å². The molecule has 0 radical (unpaired) electrons. The van der Waals surface area contributed by atoms with Crippen molar-refractivity contribution in [3.05, 3.63) is 42.5 Å². The van der Waals surface area contributed by atoms with E-state index in [1.807, 2.05) is 0 Å². The second-order valence-electron chi connectivity index (χ2n) is 5.24. The van der Waals surface area contributed by atoms with Crippen LogP contribution in [0.5, 0.6) is 0 Å². The molecule has 144 valence electrons. The van der Waals surface area contributed by atoms with E-state index in [4.69, 9.17) is 4.74 Å². The molecule has 1 rings (SSSR count). The SMILES string of the molecule is C=CCNC(=O)[C@H](C)OC(=O)CCCNS(=O)(=O)c1ccc(F)cc1F. The third kappa shape index (κ3) is 6.89. The predicted molar refractivity (Wildman–Crippen MR) is 89.5 cm³/mol. The number of esters is 1. The normalized spacial score (nSPS) is 12.3. The summed E-state index contributed by atoms with van der Waals surface area (Å²) in [5, 5.41) is 2.46. The molecule has 0 fully saturated rings. The first-order chi connectivity index (χ1) is 12.2. The van der Waals surface area contributed by atoms with Crippen LogP contribution in [0.3, 0.4) is 0 Å². The van der Waals surface area contributed by atoms with E-state index in [0.29, 0.717) is 6.07 Å². The van der Waals surface area contributed by atoms with Crippen LogP contribution in [0.15, 0.2) is 35.7 Å². The third-order valence-electron chi connectivity index (χ3n) is 3.13. The average molecular weight is 390 g/mol. The highest BCUT2D eigenvalue weighted by Gasteiger charge is 2.20. The first-order valence-electron chi connectivity index (χ1n) is 7.70. The second-order valence-corrected chi connectivity index (χ2v) is 6.98. The summed E-state index contributed by atoms with van der Waals surface area (Å²) in [6.45, 7) is 4.91. The quantitative estimate of drug-likeness (QED) is 0.356. The number of benzene rings is 1. The molecule has 1 aromatic carbocycles. The van der Waals surface area contributed by atoms with Gasteiger partial charge in [-0.1, -0.05) is 6.08 Å². The van der Waals surface area contributed by atoms with Crippen molar-refractivity contribution in [3.63, 3.8) is 0 Å². The molecule has 0 aliphatic rings. The number of halogens is 2. The lowest BCUT2D eigenvalue weighted by molar-refractivity contribution is -0.154. The maximum Gasteiger partial charge on any atom is 0.306 e. The topological polar surface area (TPSA) is 102 Å². The Balaban J connectivity index is 2.42. The van der Waals surface area contributed by atoms with Crippen LogP contribution in [-0.2, 0) is 24.3 Å². The summed E-state index contributed by atoms with van der Waals surface area (Å²) in [4.78, 5) is 22.5. The fourth-order valence-corrected chi connectivity index (χ4v) is 2.97. The Kier molecular flexibility index (Phi) is 8.33. The van der Waals surface area contributed by atoms with E-state index in [9.17, 15) is 26.8 Å². The fourth-order valence-electron chi connectivity index (χ4n) is 1.84. The Labute approximate surface area is 150 Å². The van der Waals surface area contributed by atoms with Gasteiger partial charge in [-0.3, -0.25) is 9.59 Å². The molecule has 0 unspecified atom stereocenters. The summed E-state index contributed by atoms with van der Waals surface area (Å²) in [5.41, 5.74) is 0. The zero-order chi connectivity index (χ0) is 19.7. The summed E-state index contributed by atoms with van der Waals surface area (Å²) in [6.07, 6.45) is 0.408. The number of carbonyl (C=O) groups excluding carboxylic acids is 2. The van der Waals surface area contributed by atoms with E-state index >= 15 is 0 Å². The van der Waals surface area contributed by atoms with Gasteiger partial charge >= 0.3 is 5.97 Å². The molecule has 2 N–H and O–H groups in total. The lowest BCUT2D eigenvalue weighted by atomic mass is 10.3. The summed E-state index contributed by atoms with van der Waals surface area (Å²) in [6, 6.07) is 2.10. The Hall–Kier alpha value is -2.33. The largest absolute Gasteiger partial charge is 0.453 e. The van der Waals surface area contributed by atoms with Gasteiger partial charge in [0.15, 0.2) is 6.10 Å². The molecular weight excluding hydrogens is 370 g/mol. The van der Waals surface area contributed by atoms with Gasteiger partial charge in [0.25, 0.3) is 5.91 Å². The number of sulfonamides is 1. The van der Waals surface area contributed by atoms with Gasteiger partial charge in [0.2, 0.25) is 10.0 Å². The van der Waals surface area contributed by atoms with Crippen LogP contribution in [0.1, 0.15) is 19.8 Å². The maximum atomic E-state index is 13.5. The Morgan fingerprint density at radius 2 is 2.04 bits per heavy atom. The highest BCUT2D eigenvalue weighted by Crippen LogP contribution is 2.15. The van der Waals surface area contributed by atoms with Crippen molar-refractivity contribution in [1.82, 2.24) is 10.0 Å². The van der Waals surface area contributed by atoms with Gasteiger partial charge in [-0.2, -0.15) is 0 Å². The summed E-state index contributed by atoms with van der Waals surface area (Å²) >= 11 is 0. The van der Waals surface area contributed by atoms with Crippen LogP contribution < -0.4 is 10.0 Å². The fraction of sp³-hybridized carbons (Fsp3) is 0.375. The molecule has 1 atom stereocenters. The van der Waals surface area contributed by atoms with E-state index in [1.165, 1.54) is 13.0 Å². The van der Waals surface area contributed by atoms with Gasteiger partial charge in [-0.25, -0.2) is 21.9 Å². The number of hydrogen-bond donors (Lipinski definition) is 2. The van der Waals surface area contributed by atoms with Crippen LogP contribution in [0.4, 0.5) is 8.78 Å². The molecule has 7 nitrogen and oxygen atoms in total. The molecule has 0 spiro atoms. The second kappa shape index (κ2) is 9.97. The van der Waals surface area contributed by atoms with E-state index in [1.54, 1.807) is 0 Å². The molecule has 1 aromatic rings. The number of carbonyl (C=O) groups is 2. The zero-order valence-corrected chi connectivity index (χ0v) is 14.9. The minimum atomic E-state index is -4.17. The van der Waals surface area contributed by atoms with Crippen molar-refractivity contribution in [2.24, 2.45) is 0 Å². The number of nitrogens with one attached hydrogen (secondary N) is 2. The van der Waals surface area contributed by atoms with Crippen molar-refractivity contribution in [3.8, 4) is 0 Å². The number of hydrogen-bond acceptors (Lipinski definition) is 5. The molecular formula is C16H20F2N2O5S. The molecule has 26 heavy (non-hydrogen) atoms. The van der Waals surface area contributed by atoms with Crippen molar-refractivity contribution >= 4 is 21.9 Å². The highest BCUT2D eigenvalue weighted by molar-refractivity contribution is 7.89. The van der Waals surface area contributed by atoms with E-state index in [2.05, 4.69) is 16.6 Å². The molecule has 1 amide bonds. The molecule has 0 bridgehead atoms. The maximum absolute atomic E-state index is 13.5. The van der Waals surface area contributed by atoms with Gasteiger partial charge in [0.1, 0.15) is 16.5 Å². The summed E-state index contributed by atoms with van der Waals surface area (Å²) < 4.78 is 57.2. The van der Waals surface area contributed by atoms with Gasteiger partial charge < -0.3 is 10.1 Å². The standard InChI is InChI=1S/C16H20F2N2O5S/c1-3-8-19-16(22)11(2)25-15(21)5-4-9-20-26(23,24)14-7-6-12(17)10-13(14)18/h3,6-7,10-11,20H,1,4-5,8-9H2,2H3,(H,19,22)/t11-/m0/s1. The van der Waals surface area contributed by atoms with Crippen LogP contribution >= 0.6 is 0 Å². The Morgan fingerprint density at radius 3 is 2.65 bits per heavy atom. The molecule has 0 aliphatic heterocycles. The number of rotatable bonds is 10. The van der Waals surface area contributed by atoms with Crippen molar-refractivity contribution in [2.75, 3.05) is 13.1 Å². The predicted octanol–water partition coefficient (Wildman–Crippen LogP) is 1.26. The molecule has 0 saturated heterocycles. The highest BCUT2D eigenvalue weighted by atomic mass is 32.2. The lowest BCUT2D eigenvalue weighted by Crippen LogP contribution is -2.36. The summed E-state index contributed by atoms with van der Waals surface area (Å²) in [7, 11) is -4.17. The van der Waals surface area contributed by atoms with Gasteiger partial charge in [0, 0.05) is 25.6 Å². The first kappa shape index (κ1) is 21.7. The van der Waals surface area contributed by atoms with Crippen LogP contribution in [-0.4, -0.2) is 39.5 Å². The lowest BCUT2D eigenvalue weighted by Gasteiger charge is -2.13. The van der Waals surface area contributed by atoms with Crippen molar-refractivity contribution in [1.29, 1.82) is 0 Å². The minimum absolute atomic E-state index is 0.0713. The van der Waals surface area contributed by atoms with E-state index in [-0.39, 0.29) is 25.9 Å². The monoisotopic (exact) mass is 390 g/mol.